The van der Waals surface area contributed by atoms with Gasteiger partial charge in [0.2, 0.25) is 0 Å². The quantitative estimate of drug-likeness (QED) is 0.688. The Morgan fingerprint density at radius 1 is 1.50 bits per heavy atom. The molecule has 0 heterocycles. The van der Waals surface area contributed by atoms with E-state index in [-0.39, 0.29) is 11.8 Å². The smallest absolute Gasteiger partial charge is 0.159 e. The second-order valence-corrected chi connectivity index (χ2v) is 3.97. The van der Waals surface area contributed by atoms with Crippen molar-refractivity contribution < 1.29 is 4.79 Å². The Morgan fingerprint density at radius 2 is 2.29 bits per heavy atom. The Bertz CT molecular complexity index is 371. The molecule has 1 atom stereocenters. The lowest BCUT2D eigenvalue weighted by Gasteiger charge is -2.22. The number of ketones is 1. The minimum Gasteiger partial charge on any atom is -0.324 e. The number of carbonyl (C=O) groups excluding carboxylic acids is 1. The molecule has 0 spiro atoms. The maximum atomic E-state index is 11.2. The van der Waals surface area contributed by atoms with Crippen LogP contribution in [-0.4, -0.2) is 5.78 Å². The van der Waals surface area contributed by atoms with Gasteiger partial charge in [0.05, 0.1) is 0 Å². The van der Waals surface area contributed by atoms with Crippen molar-refractivity contribution in [1.82, 2.24) is 0 Å². The summed E-state index contributed by atoms with van der Waals surface area (Å²) in [5.41, 5.74) is 9.27. The zero-order valence-corrected chi connectivity index (χ0v) is 8.42. The first-order chi connectivity index (χ1) is 6.68. The predicted octanol–water partition coefficient (Wildman–Crippen LogP) is 2.23. The van der Waals surface area contributed by atoms with Gasteiger partial charge in [0, 0.05) is 11.6 Å². The molecule has 0 saturated heterocycles. The zero-order valence-electron chi connectivity index (χ0n) is 8.42. The average Bonchev–Trinajstić information content (AvgIpc) is 2.18. The van der Waals surface area contributed by atoms with Gasteiger partial charge in [-0.15, -0.1) is 0 Å². The molecule has 2 rings (SSSR count). The van der Waals surface area contributed by atoms with Gasteiger partial charge < -0.3 is 5.73 Å². The number of fused-ring (bicyclic) bond motifs is 1. The number of hydrogen-bond donors (Lipinski definition) is 1. The fraction of sp³-hybridized carbons (Fsp3) is 0.417. The molecule has 0 radical (unpaired) electrons. The van der Waals surface area contributed by atoms with E-state index in [1.807, 2.05) is 18.2 Å². The summed E-state index contributed by atoms with van der Waals surface area (Å²) < 4.78 is 0. The highest BCUT2D eigenvalue weighted by Gasteiger charge is 2.17. The van der Waals surface area contributed by atoms with Gasteiger partial charge >= 0.3 is 0 Å². The summed E-state index contributed by atoms with van der Waals surface area (Å²) in [6.07, 6.45) is 3.29. The molecule has 1 aliphatic rings. The van der Waals surface area contributed by atoms with E-state index in [0.717, 1.165) is 24.8 Å². The van der Waals surface area contributed by atoms with Crippen LogP contribution in [0.1, 0.15) is 47.3 Å². The van der Waals surface area contributed by atoms with Crippen molar-refractivity contribution in [3.8, 4) is 0 Å². The molecular weight excluding hydrogens is 174 g/mol. The lowest BCUT2D eigenvalue weighted by molar-refractivity contribution is 0.101. The Morgan fingerprint density at radius 3 is 3.00 bits per heavy atom. The Hall–Kier alpha value is -1.15. The van der Waals surface area contributed by atoms with E-state index in [1.54, 1.807) is 6.92 Å². The molecular formula is C12H15NO. The molecule has 0 aliphatic heterocycles. The molecule has 0 bridgehead atoms. The van der Waals surface area contributed by atoms with E-state index in [2.05, 4.69) is 0 Å². The molecule has 1 aliphatic carbocycles. The molecule has 2 heteroatoms. The number of Topliss-reactive ketones (excluding diaryl/α,β-unsaturated/α-hetero) is 1. The summed E-state index contributed by atoms with van der Waals surface area (Å²) in [5, 5.41) is 0. The number of rotatable bonds is 1. The molecule has 2 nitrogen and oxygen atoms in total. The molecule has 1 aromatic carbocycles. The SMILES string of the molecule is CC(=O)c1ccc2c(c1)C(N)CCC2. The molecule has 1 unspecified atom stereocenters. The molecule has 1 aromatic rings. The van der Waals surface area contributed by atoms with Crippen LogP contribution in [0.15, 0.2) is 18.2 Å². The van der Waals surface area contributed by atoms with Crippen molar-refractivity contribution in [2.75, 3.05) is 0 Å². The molecule has 74 valence electrons. The number of nitrogens with two attached hydrogens (primary N) is 1. The van der Waals surface area contributed by atoms with E-state index in [0.29, 0.717) is 0 Å². The highest BCUT2D eigenvalue weighted by atomic mass is 16.1. The third-order valence-electron chi connectivity index (χ3n) is 2.91. The van der Waals surface area contributed by atoms with Gasteiger partial charge in [-0.25, -0.2) is 0 Å². The predicted molar refractivity (Wildman–Crippen MR) is 56.3 cm³/mol. The van der Waals surface area contributed by atoms with Crippen molar-refractivity contribution in [3.63, 3.8) is 0 Å². The number of hydrogen-bond acceptors (Lipinski definition) is 2. The van der Waals surface area contributed by atoms with Crippen LogP contribution in [0, 0.1) is 0 Å². The van der Waals surface area contributed by atoms with Crippen LogP contribution in [0.25, 0.3) is 0 Å². The average molecular weight is 189 g/mol. The van der Waals surface area contributed by atoms with Gasteiger partial charge in [-0.1, -0.05) is 12.1 Å². The summed E-state index contributed by atoms with van der Waals surface area (Å²) in [4.78, 5) is 11.2. The topological polar surface area (TPSA) is 43.1 Å². The summed E-state index contributed by atoms with van der Waals surface area (Å²) in [6, 6.07) is 6.03. The van der Waals surface area contributed by atoms with Gasteiger partial charge in [-0.2, -0.15) is 0 Å². The number of benzene rings is 1. The van der Waals surface area contributed by atoms with E-state index in [1.165, 1.54) is 11.1 Å². The number of aryl methyl sites for hydroxylation is 1. The van der Waals surface area contributed by atoms with Crippen LogP contribution in [0.3, 0.4) is 0 Å². The van der Waals surface area contributed by atoms with E-state index >= 15 is 0 Å². The van der Waals surface area contributed by atoms with Crippen LogP contribution in [-0.2, 0) is 6.42 Å². The maximum Gasteiger partial charge on any atom is 0.159 e. The van der Waals surface area contributed by atoms with Crippen LogP contribution in [0.4, 0.5) is 0 Å². The Labute approximate surface area is 84.1 Å². The van der Waals surface area contributed by atoms with Crippen molar-refractivity contribution in [2.45, 2.75) is 32.2 Å². The molecule has 0 saturated carbocycles. The normalized spacial score (nSPS) is 20.3. The third-order valence-corrected chi connectivity index (χ3v) is 2.91. The largest absolute Gasteiger partial charge is 0.324 e. The Kier molecular flexibility index (Phi) is 2.38. The first kappa shape index (κ1) is 9.41. The summed E-state index contributed by atoms with van der Waals surface area (Å²) in [5.74, 6) is 0.116. The van der Waals surface area contributed by atoms with Crippen LogP contribution >= 0.6 is 0 Å². The summed E-state index contributed by atoms with van der Waals surface area (Å²) in [7, 11) is 0. The minimum absolute atomic E-state index is 0.116. The molecule has 2 N–H and O–H groups in total. The van der Waals surface area contributed by atoms with E-state index in [4.69, 9.17) is 5.73 Å². The summed E-state index contributed by atoms with van der Waals surface area (Å²) in [6.45, 7) is 1.59. The fourth-order valence-electron chi connectivity index (χ4n) is 2.05. The van der Waals surface area contributed by atoms with Gasteiger partial charge in [-0.3, -0.25) is 4.79 Å². The molecule has 14 heavy (non-hydrogen) atoms. The monoisotopic (exact) mass is 189 g/mol. The number of carbonyl (C=O) groups is 1. The summed E-state index contributed by atoms with van der Waals surface area (Å²) >= 11 is 0. The van der Waals surface area contributed by atoms with Crippen LogP contribution in [0.2, 0.25) is 0 Å². The Balaban J connectivity index is 2.45. The standard InChI is InChI=1S/C12H15NO/c1-8(14)10-6-5-9-3-2-4-12(13)11(9)7-10/h5-7,12H,2-4,13H2,1H3. The third kappa shape index (κ3) is 1.58. The van der Waals surface area contributed by atoms with Crippen molar-refractivity contribution >= 4 is 5.78 Å². The first-order valence-electron chi connectivity index (χ1n) is 5.08. The first-order valence-corrected chi connectivity index (χ1v) is 5.08. The molecule has 0 aromatic heterocycles. The highest BCUT2D eigenvalue weighted by molar-refractivity contribution is 5.94. The van der Waals surface area contributed by atoms with Gasteiger partial charge in [-0.05, 0) is 43.4 Å². The minimum atomic E-state index is 0.116. The van der Waals surface area contributed by atoms with Gasteiger partial charge in [0.25, 0.3) is 0 Å². The maximum absolute atomic E-state index is 11.2. The highest BCUT2D eigenvalue weighted by Crippen LogP contribution is 2.28. The van der Waals surface area contributed by atoms with Crippen LogP contribution in [0.5, 0.6) is 0 Å². The molecule has 0 fully saturated rings. The lowest BCUT2D eigenvalue weighted by atomic mass is 9.87. The zero-order chi connectivity index (χ0) is 10.1. The fourth-order valence-corrected chi connectivity index (χ4v) is 2.05. The van der Waals surface area contributed by atoms with Crippen molar-refractivity contribution in [3.05, 3.63) is 34.9 Å². The lowest BCUT2D eigenvalue weighted by Crippen LogP contribution is -2.17. The van der Waals surface area contributed by atoms with Gasteiger partial charge in [0.1, 0.15) is 0 Å². The second-order valence-electron chi connectivity index (χ2n) is 3.97. The van der Waals surface area contributed by atoms with E-state index in [9.17, 15) is 4.79 Å². The van der Waals surface area contributed by atoms with E-state index < -0.39 is 0 Å². The molecule has 0 amide bonds. The van der Waals surface area contributed by atoms with Gasteiger partial charge in [0.15, 0.2) is 5.78 Å². The van der Waals surface area contributed by atoms with Crippen molar-refractivity contribution in [1.29, 1.82) is 0 Å². The second kappa shape index (κ2) is 3.54. The van der Waals surface area contributed by atoms with Crippen molar-refractivity contribution in [2.24, 2.45) is 5.73 Å². The van der Waals surface area contributed by atoms with Crippen LogP contribution < -0.4 is 5.73 Å².